The topological polar surface area (TPSA) is 139 Å². The van der Waals surface area contributed by atoms with Crippen molar-refractivity contribution in [1.82, 2.24) is 9.73 Å². The summed E-state index contributed by atoms with van der Waals surface area (Å²) < 4.78 is 38.7. The molecule has 4 rings (SSSR count). The number of hydrogen-bond donors (Lipinski definition) is 2. The van der Waals surface area contributed by atoms with Crippen molar-refractivity contribution >= 4 is 61.7 Å². The van der Waals surface area contributed by atoms with Crippen molar-refractivity contribution in [3.05, 3.63) is 57.1 Å². The number of nitrogens with one attached hydrogen (secondary N) is 2. The smallest absolute Gasteiger partial charge is 0.288 e. The minimum atomic E-state index is -3.73. The summed E-state index contributed by atoms with van der Waals surface area (Å²) in [6, 6.07) is 9.28. The number of hydrazone groups is 1. The summed E-state index contributed by atoms with van der Waals surface area (Å²) in [6.07, 6.45) is 0. The minimum absolute atomic E-state index is 0.0271. The van der Waals surface area contributed by atoms with Crippen LogP contribution in [0.2, 0.25) is 5.02 Å². The van der Waals surface area contributed by atoms with Gasteiger partial charge in [-0.2, -0.15) is 9.41 Å². The van der Waals surface area contributed by atoms with Crippen molar-refractivity contribution in [2.45, 2.75) is 11.8 Å². The number of nitro groups is 1. The lowest BCUT2D eigenvalue weighted by Gasteiger charge is -2.31. The first-order valence-corrected chi connectivity index (χ1v) is 14.0. The highest BCUT2D eigenvalue weighted by molar-refractivity contribution is 7.89. The minimum Gasteiger partial charge on any atom is -0.379 e. The van der Waals surface area contributed by atoms with Crippen LogP contribution in [-0.4, -0.2) is 81.1 Å². The molecule has 12 nitrogen and oxygen atoms in total. The molecule has 0 aromatic heterocycles. The predicted molar refractivity (Wildman–Crippen MR) is 149 cm³/mol. The zero-order valence-electron chi connectivity index (χ0n) is 20.6. The third-order valence-electron chi connectivity index (χ3n) is 6.06. The molecular weight excluding hydrogens is 556 g/mol. The molecule has 2 aliphatic rings. The molecule has 0 bridgehead atoms. The highest BCUT2D eigenvalue weighted by Gasteiger charge is 2.28. The molecule has 15 heteroatoms. The van der Waals surface area contributed by atoms with Gasteiger partial charge in [-0.15, -0.1) is 0 Å². The fourth-order valence-electron chi connectivity index (χ4n) is 4.02. The summed E-state index contributed by atoms with van der Waals surface area (Å²) in [5, 5.41) is 18.6. The zero-order chi connectivity index (χ0) is 27.3. The fraction of sp³-hybridized carbons (Fsp3) is 0.391. The molecule has 2 saturated heterocycles. The highest BCUT2D eigenvalue weighted by Crippen LogP contribution is 2.31. The van der Waals surface area contributed by atoms with Crippen LogP contribution in [0.25, 0.3) is 0 Å². The van der Waals surface area contributed by atoms with Crippen molar-refractivity contribution < 1.29 is 22.8 Å². The maximum Gasteiger partial charge on any atom is 0.288 e. The number of halogens is 1. The van der Waals surface area contributed by atoms with Gasteiger partial charge in [-0.05, 0) is 43.4 Å². The summed E-state index contributed by atoms with van der Waals surface area (Å²) in [7, 11) is -3.73. The van der Waals surface area contributed by atoms with Gasteiger partial charge in [0, 0.05) is 37.8 Å². The van der Waals surface area contributed by atoms with Crippen molar-refractivity contribution in [2.24, 2.45) is 5.10 Å². The highest BCUT2D eigenvalue weighted by atomic mass is 35.5. The van der Waals surface area contributed by atoms with Crippen LogP contribution in [0.3, 0.4) is 0 Å². The zero-order valence-corrected chi connectivity index (χ0v) is 22.9. The fourth-order valence-corrected chi connectivity index (χ4v) is 5.80. The molecule has 204 valence electrons. The largest absolute Gasteiger partial charge is 0.379 e. The molecule has 2 aliphatic heterocycles. The van der Waals surface area contributed by atoms with Gasteiger partial charge in [0.1, 0.15) is 5.02 Å². The second-order valence-electron chi connectivity index (χ2n) is 8.48. The third-order valence-corrected chi connectivity index (χ3v) is 8.47. The van der Waals surface area contributed by atoms with E-state index in [-0.39, 0.29) is 33.8 Å². The Bertz CT molecular complexity index is 1340. The summed E-state index contributed by atoms with van der Waals surface area (Å²) in [6.45, 7) is 5.29. The van der Waals surface area contributed by atoms with Gasteiger partial charge in [0.15, 0.2) is 5.11 Å². The Morgan fingerprint density at radius 2 is 1.74 bits per heavy atom. The van der Waals surface area contributed by atoms with E-state index in [9.17, 15) is 18.5 Å². The molecular formula is C23H27ClN6O6S2. The lowest BCUT2D eigenvalue weighted by Crippen LogP contribution is -2.40. The summed E-state index contributed by atoms with van der Waals surface area (Å²) in [4.78, 5) is 12.9. The second-order valence-corrected chi connectivity index (χ2v) is 11.2. The number of hydrogen-bond acceptors (Lipinski definition) is 9. The molecule has 0 amide bonds. The number of morpholine rings is 2. The Morgan fingerprint density at radius 3 is 2.39 bits per heavy atom. The van der Waals surface area contributed by atoms with Crippen LogP contribution in [0, 0.1) is 10.1 Å². The summed E-state index contributed by atoms with van der Waals surface area (Å²) in [5.41, 5.74) is 4.69. The molecule has 2 aromatic rings. The summed E-state index contributed by atoms with van der Waals surface area (Å²) in [5.74, 6) is 0. The van der Waals surface area contributed by atoms with Crippen LogP contribution in [0.15, 0.2) is 46.4 Å². The first-order chi connectivity index (χ1) is 18.2. The molecule has 0 unspecified atom stereocenters. The number of nitro benzene ring substituents is 1. The lowest BCUT2D eigenvalue weighted by atomic mass is 10.1. The molecule has 2 N–H and O–H groups in total. The number of anilines is 2. The van der Waals surface area contributed by atoms with Crippen molar-refractivity contribution in [3.63, 3.8) is 0 Å². The quantitative estimate of drug-likeness (QED) is 0.217. The summed E-state index contributed by atoms with van der Waals surface area (Å²) >= 11 is 11.3. The first kappa shape index (κ1) is 28.1. The van der Waals surface area contributed by atoms with Gasteiger partial charge in [0.25, 0.3) is 5.69 Å². The normalized spacial score (nSPS) is 17.2. The van der Waals surface area contributed by atoms with Crippen LogP contribution in [-0.2, 0) is 19.5 Å². The van der Waals surface area contributed by atoms with E-state index in [1.54, 1.807) is 31.2 Å². The van der Waals surface area contributed by atoms with Gasteiger partial charge < -0.3 is 19.7 Å². The van der Waals surface area contributed by atoms with Crippen LogP contribution in [0.5, 0.6) is 0 Å². The number of nitrogens with zero attached hydrogens (tertiary/aromatic N) is 4. The Kier molecular flexibility index (Phi) is 9.12. The van der Waals surface area contributed by atoms with Gasteiger partial charge in [-0.25, -0.2) is 8.42 Å². The number of thiocarbonyl (C=S) groups is 1. The molecule has 0 saturated carbocycles. The van der Waals surface area contributed by atoms with Crippen LogP contribution >= 0.6 is 23.8 Å². The van der Waals surface area contributed by atoms with E-state index in [1.165, 1.54) is 16.4 Å². The monoisotopic (exact) mass is 582 g/mol. The van der Waals surface area contributed by atoms with Gasteiger partial charge in [0.05, 0.1) is 53.3 Å². The molecule has 0 aliphatic carbocycles. The number of sulfonamides is 1. The average molecular weight is 583 g/mol. The number of benzene rings is 2. The van der Waals surface area contributed by atoms with E-state index in [2.05, 4.69) is 20.7 Å². The standard InChI is InChI=1S/C23H27ClN6O6S2/c1-16(17-2-4-19(24)22(14-17)30(31)32)26-27-23(37)25-20-15-18(38(33,34)29-8-12-36-13-9-29)3-5-21(20)28-6-10-35-11-7-28/h2-5,14-15H,6-13H2,1H3,(H2,25,27,37)/b26-16+. The Labute approximate surface area is 230 Å². The van der Waals surface area contributed by atoms with Crippen LogP contribution in [0.1, 0.15) is 12.5 Å². The number of rotatable bonds is 7. The van der Waals surface area contributed by atoms with E-state index in [0.717, 1.165) is 5.69 Å². The van der Waals surface area contributed by atoms with Crippen molar-refractivity contribution in [1.29, 1.82) is 0 Å². The Morgan fingerprint density at radius 1 is 1.08 bits per heavy atom. The Balaban J connectivity index is 1.57. The molecule has 2 aromatic carbocycles. The SMILES string of the molecule is C/C(=N\NC(=S)Nc1cc(S(=O)(=O)N2CCOCC2)ccc1N1CCOCC1)c1ccc(Cl)c([N+](=O)[O-])c1. The van der Waals surface area contributed by atoms with Gasteiger partial charge in [-0.1, -0.05) is 17.7 Å². The van der Waals surface area contributed by atoms with E-state index in [1.807, 2.05) is 0 Å². The van der Waals surface area contributed by atoms with Crippen LogP contribution < -0.4 is 15.6 Å². The molecule has 0 atom stereocenters. The van der Waals surface area contributed by atoms with E-state index < -0.39 is 14.9 Å². The second kappa shape index (κ2) is 12.3. The van der Waals surface area contributed by atoms with Crippen molar-refractivity contribution in [2.75, 3.05) is 62.8 Å². The average Bonchev–Trinajstić information content (AvgIpc) is 2.92. The molecule has 2 heterocycles. The molecule has 2 fully saturated rings. The maximum absolute atomic E-state index is 13.3. The predicted octanol–water partition coefficient (Wildman–Crippen LogP) is 2.82. The van der Waals surface area contributed by atoms with Crippen molar-refractivity contribution in [3.8, 4) is 0 Å². The van der Waals surface area contributed by atoms with Crippen LogP contribution in [0.4, 0.5) is 17.1 Å². The number of ether oxygens (including phenoxy) is 2. The van der Waals surface area contributed by atoms with Gasteiger partial charge >= 0.3 is 0 Å². The van der Waals surface area contributed by atoms with E-state index in [4.69, 9.17) is 33.3 Å². The van der Waals surface area contributed by atoms with Gasteiger partial charge in [0.2, 0.25) is 10.0 Å². The molecule has 38 heavy (non-hydrogen) atoms. The maximum atomic E-state index is 13.3. The van der Waals surface area contributed by atoms with E-state index in [0.29, 0.717) is 56.5 Å². The molecule has 0 spiro atoms. The third kappa shape index (κ3) is 6.57. The lowest BCUT2D eigenvalue weighted by molar-refractivity contribution is -0.384. The Hall–Kier alpha value is -2.88. The molecule has 0 radical (unpaired) electrons. The van der Waals surface area contributed by atoms with Gasteiger partial charge in [-0.3, -0.25) is 15.5 Å². The first-order valence-electron chi connectivity index (χ1n) is 11.8. The van der Waals surface area contributed by atoms with E-state index >= 15 is 0 Å².